The van der Waals surface area contributed by atoms with E-state index in [1.807, 2.05) is 0 Å². The molecular weight excluding hydrogens is 226 g/mol. The first-order valence-corrected chi connectivity index (χ1v) is 4.90. The van der Waals surface area contributed by atoms with Crippen LogP contribution in [0.4, 0.5) is 16.4 Å². The van der Waals surface area contributed by atoms with Crippen molar-refractivity contribution in [3.63, 3.8) is 0 Å². The molecule has 0 saturated heterocycles. The van der Waals surface area contributed by atoms with E-state index in [1.165, 1.54) is 0 Å². The molecule has 1 aromatic heterocycles. The minimum absolute atomic E-state index is 0.152. The number of rotatable bonds is 6. The van der Waals surface area contributed by atoms with Gasteiger partial charge in [0.25, 0.3) is 0 Å². The Morgan fingerprint density at radius 3 is 2.94 bits per heavy atom. The van der Waals surface area contributed by atoms with E-state index in [0.29, 0.717) is 24.0 Å². The van der Waals surface area contributed by atoms with Gasteiger partial charge in [-0.05, 0) is 0 Å². The van der Waals surface area contributed by atoms with Gasteiger partial charge in [0, 0.05) is 13.2 Å². The Kier molecular flexibility index (Phi) is 4.95. The minimum Gasteiger partial charge on any atom is -0.448 e. The number of methoxy groups -OCH3 is 1. The lowest BCUT2D eigenvalue weighted by Crippen LogP contribution is -2.19. The van der Waals surface area contributed by atoms with Crippen LogP contribution in [0.2, 0.25) is 0 Å². The van der Waals surface area contributed by atoms with Crippen LogP contribution in [-0.4, -0.2) is 36.3 Å². The van der Waals surface area contributed by atoms with Crippen molar-refractivity contribution in [2.75, 3.05) is 31.3 Å². The maximum absolute atomic E-state index is 10.3. The van der Waals surface area contributed by atoms with Crippen LogP contribution in [0.15, 0.2) is 6.07 Å². The number of carbonyl (C=O) groups is 1. The Balaban J connectivity index is 2.49. The molecule has 0 aliphatic rings. The molecular formula is C9H15N5O3. The zero-order chi connectivity index (χ0) is 12.7. The van der Waals surface area contributed by atoms with E-state index in [9.17, 15) is 4.79 Å². The van der Waals surface area contributed by atoms with Crippen molar-refractivity contribution in [1.82, 2.24) is 9.97 Å². The summed E-state index contributed by atoms with van der Waals surface area (Å²) in [6, 6.07) is 1.57. The fourth-order valence-corrected chi connectivity index (χ4v) is 1.13. The fraction of sp³-hybridized carbons (Fsp3) is 0.444. The van der Waals surface area contributed by atoms with Crippen LogP contribution in [-0.2, 0) is 16.1 Å². The number of hydrogen-bond acceptors (Lipinski definition) is 7. The van der Waals surface area contributed by atoms with E-state index in [-0.39, 0.29) is 13.2 Å². The Morgan fingerprint density at radius 1 is 1.53 bits per heavy atom. The molecule has 0 atom stereocenters. The van der Waals surface area contributed by atoms with Gasteiger partial charge in [-0.3, -0.25) is 0 Å². The smallest absolute Gasteiger partial charge is 0.404 e. The van der Waals surface area contributed by atoms with Gasteiger partial charge >= 0.3 is 6.09 Å². The molecule has 8 heteroatoms. The van der Waals surface area contributed by atoms with Gasteiger partial charge in [0.2, 0.25) is 0 Å². The number of nitrogens with two attached hydrogens (primary N) is 2. The molecule has 1 amide bonds. The fourth-order valence-electron chi connectivity index (χ4n) is 1.13. The zero-order valence-corrected chi connectivity index (χ0v) is 9.47. The molecule has 0 aliphatic carbocycles. The number of ether oxygens (including phenoxy) is 2. The number of nitrogens with zero attached hydrogens (tertiary/aromatic N) is 2. The lowest BCUT2D eigenvalue weighted by Gasteiger charge is -2.07. The molecule has 0 unspecified atom stereocenters. The summed E-state index contributed by atoms with van der Waals surface area (Å²) < 4.78 is 9.45. The van der Waals surface area contributed by atoms with E-state index in [1.54, 1.807) is 13.2 Å². The van der Waals surface area contributed by atoms with Crippen LogP contribution >= 0.6 is 0 Å². The third-order valence-corrected chi connectivity index (χ3v) is 1.72. The summed E-state index contributed by atoms with van der Waals surface area (Å²) in [5.74, 6) is 1.36. The number of nitrogen functional groups attached to an aromatic ring is 1. The number of aromatic nitrogens is 2. The van der Waals surface area contributed by atoms with Gasteiger partial charge in [-0.2, -0.15) is 0 Å². The second-order valence-corrected chi connectivity index (χ2v) is 3.12. The van der Waals surface area contributed by atoms with Crippen molar-refractivity contribution in [2.45, 2.75) is 6.61 Å². The summed E-state index contributed by atoms with van der Waals surface area (Å²) in [6.07, 6.45) is -0.811. The quantitative estimate of drug-likeness (QED) is 0.584. The Hall–Kier alpha value is -2.09. The van der Waals surface area contributed by atoms with Crippen LogP contribution in [0.5, 0.6) is 0 Å². The maximum atomic E-state index is 10.3. The summed E-state index contributed by atoms with van der Waals surface area (Å²) in [7, 11) is 1.54. The van der Waals surface area contributed by atoms with Gasteiger partial charge in [-0.1, -0.05) is 0 Å². The van der Waals surface area contributed by atoms with E-state index in [0.717, 1.165) is 0 Å². The second-order valence-electron chi connectivity index (χ2n) is 3.12. The Morgan fingerprint density at radius 2 is 2.29 bits per heavy atom. The van der Waals surface area contributed by atoms with Crippen LogP contribution < -0.4 is 16.8 Å². The monoisotopic (exact) mass is 241 g/mol. The summed E-state index contributed by atoms with van der Waals surface area (Å²) in [5, 5.41) is 2.92. The van der Waals surface area contributed by atoms with Gasteiger partial charge in [0.15, 0.2) is 5.82 Å². The van der Waals surface area contributed by atoms with Crippen molar-refractivity contribution >= 4 is 17.7 Å². The van der Waals surface area contributed by atoms with Gasteiger partial charge in [0.1, 0.15) is 24.8 Å². The van der Waals surface area contributed by atoms with E-state index in [4.69, 9.17) is 16.2 Å². The van der Waals surface area contributed by atoms with Crippen molar-refractivity contribution in [3.05, 3.63) is 11.9 Å². The summed E-state index contributed by atoms with van der Waals surface area (Å²) >= 11 is 0. The van der Waals surface area contributed by atoms with Crippen LogP contribution in [0.1, 0.15) is 5.82 Å². The highest BCUT2D eigenvalue weighted by molar-refractivity contribution is 5.64. The number of nitrogens with one attached hydrogen (secondary N) is 1. The topological polar surface area (TPSA) is 125 Å². The van der Waals surface area contributed by atoms with E-state index < -0.39 is 6.09 Å². The highest BCUT2D eigenvalue weighted by Crippen LogP contribution is 2.08. The molecule has 1 aromatic rings. The Bertz CT molecular complexity index is 385. The van der Waals surface area contributed by atoms with Gasteiger partial charge in [-0.25, -0.2) is 14.8 Å². The molecule has 1 heterocycles. The summed E-state index contributed by atoms with van der Waals surface area (Å²) in [5.41, 5.74) is 10.4. The van der Waals surface area contributed by atoms with Gasteiger partial charge in [-0.15, -0.1) is 0 Å². The van der Waals surface area contributed by atoms with Crippen molar-refractivity contribution < 1.29 is 14.3 Å². The standard InChI is InChI=1S/C9H15N5O3/c1-16-5-8-13-6(10)4-7(14-8)12-2-3-17-9(11)15/h4H,2-3,5H2,1H3,(H2,11,15)(H3,10,12,13,14). The molecule has 5 N–H and O–H groups in total. The first-order valence-electron chi connectivity index (χ1n) is 4.90. The van der Waals surface area contributed by atoms with Gasteiger partial charge < -0.3 is 26.3 Å². The average molecular weight is 241 g/mol. The molecule has 0 aromatic carbocycles. The Labute approximate surface area is 98.3 Å². The average Bonchev–Trinajstić information content (AvgIpc) is 2.24. The molecule has 0 radical (unpaired) electrons. The SMILES string of the molecule is COCc1nc(N)cc(NCCOC(N)=O)n1. The van der Waals surface area contributed by atoms with Crippen LogP contribution in [0.25, 0.3) is 0 Å². The maximum Gasteiger partial charge on any atom is 0.404 e. The van der Waals surface area contributed by atoms with Crippen LogP contribution in [0.3, 0.4) is 0 Å². The molecule has 0 saturated carbocycles. The van der Waals surface area contributed by atoms with Gasteiger partial charge in [0.05, 0.1) is 6.54 Å². The number of hydrogen-bond donors (Lipinski definition) is 3. The predicted molar refractivity (Wildman–Crippen MR) is 61.2 cm³/mol. The molecule has 0 fully saturated rings. The molecule has 94 valence electrons. The highest BCUT2D eigenvalue weighted by Gasteiger charge is 2.02. The van der Waals surface area contributed by atoms with E-state index in [2.05, 4.69) is 20.0 Å². The highest BCUT2D eigenvalue weighted by atomic mass is 16.5. The number of carbonyl (C=O) groups excluding carboxylic acids is 1. The summed E-state index contributed by atoms with van der Waals surface area (Å²) in [6.45, 7) is 0.808. The summed E-state index contributed by atoms with van der Waals surface area (Å²) in [4.78, 5) is 18.4. The molecule has 1 rings (SSSR count). The minimum atomic E-state index is -0.811. The van der Waals surface area contributed by atoms with Crippen molar-refractivity contribution in [2.24, 2.45) is 5.73 Å². The third-order valence-electron chi connectivity index (χ3n) is 1.72. The molecule has 0 bridgehead atoms. The number of amides is 1. The van der Waals surface area contributed by atoms with Crippen molar-refractivity contribution in [1.29, 1.82) is 0 Å². The molecule has 17 heavy (non-hydrogen) atoms. The number of anilines is 2. The second kappa shape index (κ2) is 6.48. The zero-order valence-electron chi connectivity index (χ0n) is 9.47. The first-order chi connectivity index (χ1) is 8.11. The van der Waals surface area contributed by atoms with Crippen molar-refractivity contribution in [3.8, 4) is 0 Å². The predicted octanol–water partition coefficient (Wildman–Crippen LogP) is -0.288. The lowest BCUT2D eigenvalue weighted by molar-refractivity contribution is 0.161. The van der Waals surface area contributed by atoms with E-state index >= 15 is 0 Å². The largest absolute Gasteiger partial charge is 0.448 e. The first kappa shape index (κ1) is 13.0. The van der Waals surface area contributed by atoms with Crippen LogP contribution in [0, 0.1) is 0 Å². The molecule has 0 aliphatic heterocycles. The molecule has 8 nitrogen and oxygen atoms in total. The lowest BCUT2D eigenvalue weighted by atomic mass is 10.5. The third kappa shape index (κ3) is 4.98. The normalized spacial score (nSPS) is 9.94. The number of primary amides is 1. The molecule has 0 spiro atoms.